The van der Waals surface area contributed by atoms with Crippen molar-refractivity contribution in [2.45, 2.75) is 20.4 Å². The molecule has 0 saturated heterocycles. The summed E-state index contributed by atoms with van der Waals surface area (Å²) in [7, 11) is -2.93. The maximum atomic E-state index is 14.5. The summed E-state index contributed by atoms with van der Waals surface area (Å²) in [5.41, 5.74) is 2.37. The molecule has 0 bridgehead atoms. The van der Waals surface area contributed by atoms with Gasteiger partial charge < -0.3 is 4.57 Å². The summed E-state index contributed by atoms with van der Waals surface area (Å²) in [4.78, 5) is 0. The van der Waals surface area contributed by atoms with E-state index >= 15 is 0 Å². The van der Waals surface area contributed by atoms with Gasteiger partial charge in [-0.1, -0.05) is 60.7 Å². The third-order valence-electron chi connectivity index (χ3n) is 5.16. The minimum atomic E-state index is -2.93. The van der Waals surface area contributed by atoms with Crippen molar-refractivity contribution in [3.05, 3.63) is 96.7 Å². The van der Waals surface area contributed by atoms with Gasteiger partial charge in [0.1, 0.15) is 6.54 Å². The van der Waals surface area contributed by atoms with Crippen molar-refractivity contribution in [3.8, 4) is 0 Å². The normalized spacial score (nSPS) is 11.6. The number of fused-ring (bicyclic) bond motifs is 1. The minimum absolute atomic E-state index is 0.868. The molecule has 0 aliphatic rings. The Labute approximate surface area is 160 Å². The molecule has 0 radical (unpaired) electrons. The first-order valence-electron chi connectivity index (χ1n) is 9.29. The summed E-state index contributed by atoms with van der Waals surface area (Å²) in [5.74, 6) is 0. The third-order valence-corrected chi connectivity index (χ3v) is 8.22. The minimum Gasteiger partial charge on any atom is -0.309 e. The molecule has 1 heterocycles. The van der Waals surface area contributed by atoms with Crippen molar-refractivity contribution in [1.29, 1.82) is 0 Å². The fourth-order valence-corrected chi connectivity index (χ4v) is 6.33. The summed E-state index contributed by atoms with van der Waals surface area (Å²) in [6.07, 6.45) is 2.12. The Morgan fingerprint density at radius 2 is 1.37 bits per heavy atom. The van der Waals surface area contributed by atoms with Crippen LogP contribution in [-0.2, 0) is 11.1 Å². The Hall–Kier alpha value is -2.70. The van der Waals surface area contributed by atoms with Crippen LogP contribution in [0.4, 0.5) is 0 Å². The zero-order valence-electron chi connectivity index (χ0n) is 15.7. The van der Waals surface area contributed by atoms with Crippen molar-refractivity contribution in [2.24, 2.45) is 0 Å². The molecule has 4 aromatic rings. The van der Waals surface area contributed by atoms with Crippen LogP contribution in [-0.4, -0.2) is 0 Å². The number of rotatable bonds is 4. The molecule has 2 nitrogen and oxygen atoms in total. The quantitative estimate of drug-likeness (QED) is 0.390. The molecule has 0 saturated carbocycles. The van der Waals surface area contributed by atoms with Crippen molar-refractivity contribution >= 4 is 34.0 Å². The number of hydrogen-bond acceptors (Lipinski definition) is 1. The second-order valence-electron chi connectivity index (χ2n) is 6.77. The Morgan fingerprint density at radius 1 is 0.778 bits per heavy atom. The first-order valence-corrected chi connectivity index (χ1v) is 11.0. The maximum absolute atomic E-state index is 14.5. The van der Waals surface area contributed by atoms with Crippen LogP contribution in [0.2, 0.25) is 0 Å². The number of nitrogens with zero attached hydrogens (tertiary/aromatic N) is 1. The predicted octanol–water partition coefficient (Wildman–Crippen LogP) is 4.10. The fraction of sp³-hybridized carbons (Fsp3) is 0.125. The van der Waals surface area contributed by atoms with Gasteiger partial charge in [-0.05, 0) is 31.5 Å². The zero-order valence-corrected chi connectivity index (χ0v) is 16.6. The van der Waals surface area contributed by atoms with Gasteiger partial charge in [0.15, 0.2) is 13.3 Å². The van der Waals surface area contributed by atoms with E-state index in [1.165, 1.54) is 11.1 Å². The second-order valence-corrected chi connectivity index (χ2v) is 9.53. The summed E-state index contributed by atoms with van der Waals surface area (Å²) in [5, 5.41) is 3.77. The van der Waals surface area contributed by atoms with E-state index in [0.29, 0.717) is 0 Å². The highest BCUT2D eigenvalue weighted by Crippen LogP contribution is 2.42. The topological polar surface area (TPSA) is 20.9 Å². The van der Waals surface area contributed by atoms with Crippen LogP contribution in [0.3, 0.4) is 0 Å². The van der Waals surface area contributed by atoms with Gasteiger partial charge in [0.25, 0.3) is 0 Å². The van der Waals surface area contributed by atoms with Crippen molar-refractivity contribution in [1.82, 2.24) is 0 Å². The summed E-state index contributed by atoms with van der Waals surface area (Å²) in [6, 6.07) is 28.1. The lowest BCUT2D eigenvalue weighted by Gasteiger charge is -2.20. The fourth-order valence-electron chi connectivity index (χ4n) is 3.66. The Morgan fingerprint density at radius 3 is 1.93 bits per heavy atom. The molecule has 0 aliphatic carbocycles. The first-order chi connectivity index (χ1) is 13.1. The van der Waals surface area contributed by atoms with Crippen LogP contribution in [0.15, 0.2) is 91.1 Å². The van der Waals surface area contributed by atoms with Crippen LogP contribution in [0.25, 0.3) is 10.9 Å². The van der Waals surface area contributed by atoms with Crippen molar-refractivity contribution < 1.29 is 9.13 Å². The lowest BCUT2D eigenvalue weighted by atomic mass is 10.1. The Balaban J connectivity index is 2.02. The van der Waals surface area contributed by atoms with Gasteiger partial charge in [-0.2, -0.15) is 4.57 Å². The molecule has 0 unspecified atom stereocenters. The molecular formula is C24H23NOP+. The third kappa shape index (κ3) is 3.01. The van der Waals surface area contributed by atoms with Crippen LogP contribution in [0, 0.1) is 6.92 Å². The van der Waals surface area contributed by atoms with Crippen LogP contribution >= 0.6 is 7.14 Å². The molecule has 3 heteroatoms. The number of aromatic nitrogens is 1. The summed E-state index contributed by atoms with van der Waals surface area (Å²) < 4.78 is 16.7. The van der Waals surface area contributed by atoms with E-state index in [0.717, 1.165) is 27.8 Å². The highest BCUT2D eigenvalue weighted by atomic mass is 31.2. The van der Waals surface area contributed by atoms with Crippen LogP contribution in [0.1, 0.15) is 12.5 Å². The Bertz CT molecular complexity index is 1090. The van der Waals surface area contributed by atoms with E-state index in [-0.39, 0.29) is 0 Å². The smallest absolute Gasteiger partial charge is 0.212 e. The number of pyridine rings is 1. The maximum Gasteiger partial charge on any atom is 0.212 e. The average Bonchev–Trinajstić information content (AvgIpc) is 2.74. The van der Waals surface area contributed by atoms with E-state index in [9.17, 15) is 4.57 Å². The molecule has 0 amide bonds. The average molecular weight is 372 g/mol. The highest BCUT2D eigenvalue weighted by molar-refractivity contribution is 7.85. The van der Waals surface area contributed by atoms with Gasteiger partial charge in [0, 0.05) is 28.0 Å². The Kier molecular flexibility index (Phi) is 4.68. The number of aryl methyl sites for hydroxylation is 2. The van der Waals surface area contributed by atoms with E-state index in [2.05, 4.69) is 42.8 Å². The number of hydrogen-bond donors (Lipinski definition) is 0. The first kappa shape index (κ1) is 17.7. The standard InChI is InChI=1S/C24H23NOP/c1-3-25-17-16-19(2)23-18-22(14-15-24(23)25)27(26,20-10-6-4-7-11-20)21-12-8-5-9-13-21/h4-18H,3H2,1-2H3/q+1. The van der Waals surface area contributed by atoms with Gasteiger partial charge in [-0.3, -0.25) is 0 Å². The lowest BCUT2D eigenvalue weighted by molar-refractivity contribution is -0.667. The number of benzene rings is 3. The van der Waals surface area contributed by atoms with E-state index in [1.807, 2.05) is 66.7 Å². The molecule has 134 valence electrons. The molecule has 0 aliphatic heterocycles. The molecule has 1 aromatic heterocycles. The summed E-state index contributed by atoms with van der Waals surface area (Å²) >= 11 is 0. The van der Waals surface area contributed by atoms with Gasteiger partial charge in [0.2, 0.25) is 5.52 Å². The van der Waals surface area contributed by atoms with Crippen LogP contribution in [0.5, 0.6) is 0 Å². The molecule has 3 aromatic carbocycles. The van der Waals surface area contributed by atoms with Gasteiger partial charge in [-0.15, -0.1) is 0 Å². The van der Waals surface area contributed by atoms with Gasteiger partial charge >= 0.3 is 0 Å². The molecule has 4 rings (SSSR count). The van der Waals surface area contributed by atoms with Gasteiger partial charge in [0.05, 0.1) is 5.39 Å². The van der Waals surface area contributed by atoms with Crippen molar-refractivity contribution in [2.75, 3.05) is 0 Å². The van der Waals surface area contributed by atoms with Crippen LogP contribution < -0.4 is 20.5 Å². The lowest BCUT2D eigenvalue weighted by Crippen LogP contribution is -2.33. The largest absolute Gasteiger partial charge is 0.309 e. The summed E-state index contributed by atoms with van der Waals surface area (Å²) in [6.45, 7) is 5.16. The van der Waals surface area contributed by atoms with Gasteiger partial charge in [-0.25, -0.2) is 0 Å². The molecule has 0 N–H and O–H groups in total. The van der Waals surface area contributed by atoms with E-state index in [4.69, 9.17) is 0 Å². The molecule has 0 atom stereocenters. The molecule has 27 heavy (non-hydrogen) atoms. The van der Waals surface area contributed by atoms with E-state index < -0.39 is 7.14 Å². The second kappa shape index (κ2) is 7.13. The molecule has 0 fully saturated rings. The monoisotopic (exact) mass is 372 g/mol. The molecular weight excluding hydrogens is 349 g/mol. The van der Waals surface area contributed by atoms with Crippen molar-refractivity contribution in [3.63, 3.8) is 0 Å². The molecule has 0 spiro atoms. The zero-order chi connectivity index (χ0) is 18.9. The SMILES string of the molecule is CC[n+]1ccc(C)c2cc(P(=O)(c3ccccc3)c3ccccc3)ccc21. The highest BCUT2D eigenvalue weighted by Gasteiger charge is 2.30. The van der Waals surface area contributed by atoms with E-state index in [1.54, 1.807) is 0 Å². The predicted molar refractivity (Wildman–Crippen MR) is 114 cm³/mol.